The minimum absolute atomic E-state index is 0. The predicted octanol–water partition coefficient (Wildman–Crippen LogP) is 3.62. The zero-order chi connectivity index (χ0) is 15.6. The zero-order valence-corrected chi connectivity index (χ0v) is 17.3. The molecule has 23 heavy (non-hydrogen) atoms. The van der Waals surface area contributed by atoms with Crippen molar-refractivity contribution in [1.29, 1.82) is 0 Å². The second kappa shape index (κ2) is 8.16. The minimum atomic E-state index is 0. The topological polar surface area (TPSA) is 45.7 Å². The molecule has 1 aliphatic heterocycles. The standard InChI is InChI=1S/C17H27N3OS.HI/c1-4-18-16(19-11-12-7-6-10-22-12)20-14-13-8-5-9-21-15(13)17(14,2)3;/h6-7,10,13-15H,4-5,8-9,11H2,1-3H3,(H2,18,19,20);1H. The smallest absolute Gasteiger partial charge is 0.191 e. The van der Waals surface area contributed by atoms with Crippen LogP contribution < -0.4 is 10.6 Å². The molecule has 2 fully saturated rings. The summed E-state index contributed by atoms with van der Waals surface area (Å²) >= 11 is 1.76. The van der Waals surface area contributed by atoms with Gasteiger partial charge < -0.3 is 15.4 Å². The first-order valence-electron chi connectivity index (χ1n) is 8.31. The van der Waals surface area contributed by atoms with Crippen LogP contribution in [0.15, 0.2) is 22.5 Å². The van der Waals surface area contributed by atoms with E-state index in [1.807, 2.05) is 0 Å². The van der Waals surface area contributed by atoms with E-state index in [1.54, 1.807) is 11.3 Å². The Balaban J connectivity index is 0.00000192. The van der Waals surface area contributed by atoms with Gasteiger partial charge in [-0.05, 0) is 31.2 Å². The van der Waals surface area contributed by atoms with Crippen LogP contribution in [0.1, 0.15) is 38.5 Å². The van der Waals surface area contributed by atoms with E-state index in [4.69, 9.17) is 9.73 Å². The number of nitrogens with one attached hydrogen (secondary N) is 2. The van der Waals surface area contributed by atoms with Crippen LogP contribution in [-0.2, 0) is 11.3 Å². The first kappa shape index (κ1) is 19.0. The van der Waals surface area contributed by atoms with E-state index in [2.05, 4.69) is 48.9 Å². The fraction of sp³-hybridized carbons (Fsp3) is 0.706. The van der Waals surface area contributed by atoms with E-state index >= 15 is 0 Å². The SMILES string of the molecule is CCNC(=NCc1cccs1)NC1C2CCCOC2C1(C)C.I. The van der Waals surface area contributed by atoms with Gasteiger partial charge >= 0.3 is 0 Å². The minimum Gasteiger partial charge on any atom is -0.377 e. The van der Waals surface area contributed by atoms with Crippen molar-refractivity contribution >= 4 is 41.3 Å². The van der Waals surface area contributed by atoms with Crippen LogP contribution in [0.4, 0.5) is 0 Å². The van der Waals surface area contributed by atoms with Crippen molar-refractivity contribution in [3.8, 4) is 0 Å². The summed E-state index contributed by atoms with van der Waals surface area (Å²) in [7, 11) is 0. The van der Waals surface area contributed by atoms with Gasteiger partial charge in [-0.1, -0.05) is 19.9 Å². The van der Waals surface area contributed by atoms with Gasteiger partial charge in [0.15, 0.2) is 5.96 Å². The molecule has 2 N–H and O–H groups in total. The molecule has 3 unspecified atom stereocenters. The van der Waals surface area contributed by atoms with E-state index in [0.29, 0.717) is 18.1 Å². The first-order chi connectivity index (χ1) is 10.6. The average Bonchev–Trinajstić information content (AvgIpc) is 3.03. The molecule has 1 aliphatic carbocycles. The Morgan fingerprint density at radius 3 is 3.00 bits per heavy atom. The van der Waals surface area contributed by atoms with Crippen LogP contribution in [0.3, 0.4) is 0 Å². The quantitative estimate of drug-likeness (QED) is 0.419. The van der Waals surface area contributed by atoms with Gasteiger partial charge in [0.1, 0.15) is 0 Å². The maximum Gasteiger partial charge on any atom is 0.191 e. The molecule has 130 valence electrons. The summed E-state index contributed by atoms with van der Waals surface area (Å²) in [5, 5.41) is 9.15. The third-order valence-electron chi connectivity index (χ3n) is 4.94. The lowest BCUT2D eigenvalue weighted by molar-refractivity contribution is -0.188. The van der Waals surface area contributed by atoms with E-state index < -0.39 is 0 Å². The second-order valence-corrected chi connectivity index (χ2v) is 7.85. The summed E-state index contributed by atoms with van der Waals surface area (Å²) < 4.78 is 5.98. The molecule has 1 saturated heterocycles. The molecule has 3 rings (SSSR count). The molecule has 1 saturated carbocycles. The second-order valence-electron chi connectivity index (χ2n) is 6.82. The number of halogens is 1. The van der Waals surface area contributed by atoms with Gasteiger partial charge in [-0.25, -0.2) is 4.99 Å². The Hall–Kier alpha value is -0.340. The molecule has 0 aromatic carbocycles. The van der Waals surface area contributed by atoms with Crippen LogP contribution in [0.5, 0.6) is 0 Å². The first-order valence-corrected chi connectivity index (χ1v) is 9.19. The molecule has 1 aromatic heterocycles. The van der Waals surface area contributed by atoms with Gasteiger partial charge in [0.2, 0.25) is 0 Å². The number of rotatable bonds is 4. The molecule has 0 radical (unpaired) electrons. The highest BCUT2D eigenvalue weighted by molar-refractivity contribution is 14.0. The Morgan fingerprint density at radius 2 is 2.30 bits per heavy atom. The van der Waals surface area contributed by atoms with Crippen molar-refractivity contribution in [3.05, 3.63) is 22.4 Å². The van der Waals surface area contributed by atoms with Gasteiger partial charge in [0.25, 0.3) is 0 Å². The van der Waals surface area contributed by atoms with Crippen molar-refractivity contribution in [2.24, 2.45) is 16.3 Å². The summed E-state index contributed by atoms with van der Waals surface area (Å²) in [6.07, 6.45) is 2.84. The third kappa shape index (κ3) is 4.02. The Bertz CT molecular complexity index is 518. The fourth-order valence-corrected chi connectivity index (χ4v) is 4.47. The number of hydrogen-bond donors (Lipinski definition) is 2. The van der Waals surface area contributed by atoms with Crippen molar-refractivity contribution in [3.63, 3.8) is 0 Å². The molecule has 0 amide bonds. The lowest BCUT2D eigenvalue weighted by atomic mass is 9.55. The van der Waals surface area contributed by atoms with Crippen LogP contribution in [0.25, 0.3) is 0 Å². The van der Waals surface area contributed by atoms with Gasteiger partial charge in [0, 0.05) is 35.4 Å². The monoisotopic (exact) mass is 449 g/mol. The third-order valence-corrected chi connectivity index (χ3v) is 5.80. The Morgan fingerprint density at radius 1 is 1.48 bits per heavy atom. The largest absolute Gasteiger partial charge is 0.377 e. The maximum absolute atomic E-state index is 5.98. The average molecular weight is 449 g/mol. The molecule has 0 spiro atoms. The van der Waals surface area contributed by atoms with E-state index in [9.17, 15) is 0 Å². The number of ether oxygens (including phenoxy) is 1. The van der Waals surface area contributed by atoms with Crippen LogP contribution in [0, 0.1) is 11.3 Å². The van der Waals surface area contributed by atoms with Gasteiger partial charge in [-0.15, -0.1) is 35.3 Å². The highest BCUT2D eigenvalue weighted by Gasteiger charge is 2.58. The van der Waals surface area contributed by atoms with E-state index in [1.165, 1.54) is 17.7 Å². The molecule has 2 heterocycles. The molecule has 1 aromatic rings. The fourth-order valence-electron chi connectivity index (χ4n) is 3.84. The predicted molar refractivity (Wildman–Crippen MR) is 108 cm³/mol. The number of hydrogen-bond acceptors (Lipinski definition) is 3. The maximum atomic E-state index is 5.98. The van der Waals surface area contributed by atoms with Crippen LogP contribution in [0.2, 0.25) is 0 Å². The van der Waals surface area contributed by atoms with Crippen LogP contribution >= 0.6 is 35.3 Å². The molecule has 0 bridgehead atoms. The lowest BCUT2D eigenvalue weighted by Gasteiger charge is -2.60. The van der Waals surface area contributed by atoms with Crippen molar-refractivity contribution in [2.45, 2.75) is 52.3 Å². The van der Waals surface area contributed by atoms with Crippen molar-refractivity contribution in [2.75, 3.05) is 13.2 Å². The van der Waals surface area contributed by atoms with Crippen LogP contribution in [-0.4, -0.2) is 31.3 Å². The normalized spacial score (nSPS) is 29.0. The summed E-state index contributed by atoms with van der Waals surface area (Å²) in [6.45, 7) is 9.27. The Kier molecular flexibility index (Phi) is 6.74. The molecular formula is C17H28IN3OS. The van der Waals surface area contributed by atoms with E-state index in [-0.39, 0.29) is 29.4 Å². The Labute approximate surface area is 160 Å². The summed E-state index contributed by atoms with van der Waals surface area (Å²) in [5.74, 6) is 1.55. The summed E-state index contributed by atoms with van der Waals surface area (Å²) in [6, 6.07) is 4.66. The lowest BCUT2D eigenvalue weighted by Crippen LogP contribution is -2.71. The molecule has 6 heteroatoms. The molecule has 3 atom stereocenters. The number of aliphatic imine (C=N–C) groups is 1. The molecule has 4 nitrogen and oxygen atoms in total. The number of nitrogens with zero attached hydrogens (tertiary/aromatic N) is 1. The van der Waals surface area contributed by atoms with E-state index in [0.717, 1.165) is 25.7 Å². The van der Waals surface area contributed by atoms with Crippen molar-refractivity contribution in [1.82, 2.24) is 10.6 Å². The highest BCUT2D eigenvalue weighted by atomic mass is 127. The number of thiophene rings is 1. The summed E-state index contributed by atoms with van der Waals surface area (Å²) in [4.78, 5) is 6.04. The number of fused-ring (bicyclic) bond motifs is 1. The van der Waals surface area contributed by atoms with Gasteiger partial charge in [-0.3, -0.25) is 0 Å². The highest BCUT2D eigenvalue weighted by Crippen LogP contribution is 2.51. The zero-order valence-electron chi connectivity index (χ0n) is 14.2. The van der Waals surface area contributed by atoms with Gasteiger partial charge in [-0.2, -0.15) is 0 Å². The number of guanidine groups is 1. The molecule has 2 aliphatic rings. The summed E-state index contributed by atoms with van der Waals surface area (Å²) in [5.41, 5.74) is 0.171. The van der Waals surface area contributed by atoms with Gasteiger partial charge in [0.05, 0.1) is 12.6 Å². The van der Waals surface area contributed by atoms with Crippen molar-refractivity contribution < 1.29 is 4.74 Å². The molecular weight excluding hydrogens is 421 g/mol.